The van der Waals surface area contributed by atoms with Gasteiger partial charge in [0.05, 0.1) is 6.04 Å². The van der Waals surface area contributed by atoms with E-state index in [-0.39, 0.29) is 6.04 Å². The van der Waals surface area contributed by atoms with Gasteiger partial charge in [-0.05, 0) is 36.9 Å². The van der Waals surface area contributed by atoms with Crippen LogP contribution in [-0.4, -0.2) is 27.9 Å². The first-order chi connectivity index (χ1) is 10.3. The van der Waals surface area contributed by atoms with Crippen LogP contribution in [-0.2, 0) is 12.8 Å². The molecular formula is C16H23N5. The van der Waals surface area contributed by atoms with Crippen LogP contribution in [0.15, 0.2) is 24.3 Å². The van der Waals surface area contributed by atoms with Crippen LogP contribution in [0.2, 0.25) is 0 Å². The lowest BCUT2D eigenvalue weighted by atomic mass is 10.0. The number of anilines is 1. The molecule has 0 saturated carbocycles. The Morgan fingerprint density at radius 2 is 2.14 bits per heavy atom. The highest BCUT2D eigenvalue weighted by atomic mass is 15.4. The zero-order chi connectivity index (χ0) is 14.7. The molecule has 1 aliphatic heterocycles. The Morgan fingerprint density at radius 1 is 1.33 bits per heavy atom. The third kappa shape index (κ3) is 2.93. The molecule has 2 heterocycles. The van der Waals surface area contributed by atoms with Gasteiger partial charge in [-0.15, -0.1) is 0 Å². The SMILES string of the molecule is CCc1ccc(C2CCNc3nc(CCCN)nn32)cc1. The van der Waals surface area contributed by atoms with Gasteiger partial charge in [0.1, 0.15) is 0 Å². The van der Waals surface area contributed by atoms with Gasteiger partial charge in [-0.3, -0.25) is 0 Å². The van der Waals surface area contributed by atoms with Crippen molar-refractivity contribution in [1.82, 2.24) is 14.8 Å². The summed E-state index contributed by atoms with van der Waals surface area (Å²) in [5, 5.41) is 8.02. The molecule has 1 aromatic carbocycles. The van der Waals surface area contributed by atoms with Gasteiger partial charge in [-0.25, -0.2) is 4.68 Å². The van der Waals surface area contributed by atoms with Crippen LogP contribution in [0.4, 0.5) is 5.95 Å². The molecule has 0 aliphatic carbocycles. The molecule has 1 aromatic heterocycles. The van der Waals surface area contributed by atoms with Gasteiger partial charge in [0.2, 0.25) is 5.95 Å². The molecule has 0 spiro atoms. The number of fused-ring (bicyclic) bond motifs is 1. The maximum absolute atomic E-state index is 5.57. The van der Waals surface area contributed by atoms with E-state index in [1.165, 1.54) is 11.1 Å². The molecule has 0 amide bonds. The summed E-state index contributed by atoms with van der Waals surface area (Å²) < 4.78 is 2.04. The van der Waals surface area contributed by atoms with Crippen LogP contribution in [0, 0.1) is 0 Å². The molecule has 3 N–H and O–H groups in total. The van der Waals surface area contributed by atoms with E-state index in [1.807, 2.05) is 4.68 Å². The number of nitrogens with one attached hydrogen (secondary N) is 1. The Balaban J connectivity index is 1.86. The lowest BCUT2D eigenvalue weighted by molar-refractivity contribution is 0.476. The molecule has 0 bridgehead atoms. The Hall–Kier alpha value is -1.88. The maximum Gasteiger partial charge on any atom is 0.221 e. The number of nitrogens with two attached hydrogens (primary N) is 1. The van der Waals surface area contributed by atoms with Crippen LogP contribution in [0.25, 0.3) is 0 Å². The van der Waals surface area contributed by atoms with Crippen molar-refractivity contribution in [3.63, 3.8) is 0 Å². The van der Waals surface area contributed by atoms with E-state index in [1.54, 1.807) is 0 Å². The molecule has 21 heavy (non-hydrogen) atoms. The molecule has 3 rings (SSSR count). The minimum absolute atomic E-state index is 0.284. The van der Waals surface area contributed by atoms with Crippen LogP contribution in [0.5, 0.6) is 0 Å². The van der Waals surface area contributed by atoms with E-state index in [0.717, 1.165) is 44.0 Å². The van der Waals surface area contributed by atoms with Crippen LogP contribution >= 0.6 is 0 Å². The topological polar surface area (TPSA) is 68.8 Å². The number of hydrogen-bond donors (Lipinski definition) is 2. The fourth-order valence-corrected chi connectivity index (χ4v) is 2.80. The van der Waals surface area contributed by atoms with Crippen LogP contribution in [0.1, 0.15) is 42.8 Å². The van der Waals surface area contributed by atoms with Gasteiger partial charge in [0.25, 0.3) is 0 Å². The molecule has 0 radical (unpaired) electrons. The van der Waals surface area contributed by atoms with Crippen molar-refractivity contribution in [2.75, 3.05) is 18.4 Å². The largest absolute Gasteiger partial charge is 0.354 e. The highest BCUT2D eigenvalue weighted by Crippen LogP contribution is 2.28. The van der Waals surface area contributed by atoms with E-state index in [2.05, 4.69) is 46.6 Å². The zero-order valence-electron chi connectivity index (χ0n) is 12.5. The predicted molar refractivity (Wildman–Crippen MR) is 84.5 cm³/mol. The molecule has 0 fully saturated rings. The summed E-state index contributed by atoms with van der Waals surface area (Å²) in [4.78, 5) is 4.58. The van der Waals surface area contributed by atoms with Gasteiger partial charge in [-0.2, -0.15) is 10.1 Å². The quantitative estimate of drug-likeness (QED) is 0.883. The van der Waals surface area contributed by atoms with E-state index < -0.39 is 0 Å². The van der Waals surface area contributed by atoms with Crippen molar-refractivity contribution in [2.45, 2.75) is 38.6 Å². The average molecular weight is 285 g/mol. The van der Waals surface area contributed by atoms with Crippen molar-refractivity contribution in [1.29, 1.82) is 0 Å². The van der Waals surface area contributed by atoms with E-state index >= 15 is 0 Å². The summed E-state index contributed by atoms with van der Waals surface area (Å²) in [6.45, 7) is 3.80. The second kappa shape index (κ2) is 6.26. The van der Waals surface area contributed by atoms with Crippen molar-refractivity contribution >= 4 is 5.95 Å². The van der Waals surface area contributed by atoms with Crippen molar-refractivity contribution < 1.29 is 0 Å². The molecule has 5 heteroatoms. The Bertz CT molecular complexity index is 587. The van der Waals surface area contributed by atoms with Gasteiger partial charge in [0, 0.05) is 13.0 Å². The summed E-state index contributed by atoms with van der Waals surface area (Å²) in [6.07, 6.45) is 3.89. The normalized spacial score (nSPS) is 17.3. The van der Waals surface area contributed by atoms with Gasteiger partial charge in [-0.1, -0.05) is 31.2 Å². The standard InChI is InChI=1S/C16H23N5/c1-2-12-5-7-13(8-6-12)14-9-11-18-16-19-15(4-3-10-17)20-21(14)16/h5-8,14H,2-4,9-11,17H2,1H3,(H,18,19,20). The van der Waals surface area contributed by atoms with Gasteiger partial charge < -0.3 is 11.1 Å². The number of rotatable bonds is 5. The molecule has 112 valence electrons. The summed E-state index contributed by atoms with van der Waals surface area (Å²) in [5.74, 6) is 1.78. The summed E-state index contributed by atoms with van der Waals surface area (Å²) in [6, 6.07) is 9.15. The lowest BCUT2D eigenvalue weighted by Gasteiger charge is -2.24. The molecular weight excluding hydrogens is 262 g/mol. The summed E-state index contributed by atoms with van der Waals surface area (Å²) in [5.41, 5.74) is 8.25. The number of aromatic nitrogens is 3. The highest BCUT2D eigenvalue weighted by molar-refractivity contribution is 5.34. The fraction of sp³-hybridized carbons (Fsp3) is 0.500. The molecule has 2 aromatic rings. The third-order valence-electron chi connectivity index (χ3n) is 4.05. The maximum atomic E-state index is 5.57. The monoisotopic (exact) mass is 285 g/mol. The molecule has 1 unspecified atom stereocenters. The lowest BCUT2D eigenvalue weighted by Crippen LogP contribution is -2.24. The van der Waals surface area contributed by atoms with Crippen molar-refractivity contribution in [3.8, 4) is 0 Å². The van der Waals surface area contributed by atoms with Crippen LogP contribution < -0.4 is 11.1 Å². The minimum atomic E-state index is 0.284. The Morgan fingerprint density at radius 3 is 2.86 bits per heavy atom. The first-order valence-electron chi connectivity index (χ1n) is 7.80. The number of hydrogen-bond acceptors (Lipinski definition) is 4. The van der Waals surface area contributed by atoms with Crippen molar-refractivity contribution in [3.05, 3.63) is 41.2 Å². The number of benzene rings is 1. The predicted octanol–water partition coefficient (Wildman–Crippen LogP) is 2.14. The first-order valence-corrected chi connectivity index (χ1v) is 7.80. The highest BCUT2D eigenvalue weighted by Gasteiger charge is 2.24. The molecule has 5 nitrogen and oxygen atoms in total. The minimum Gasteiger partial charge on any atom is -0.354 e. The van der Waals surface area contributed by atoms with E-state index in [4.69, 9.17) is 5.73 Å². The second-order valence-electron chi connectivity index (χ2n) is 5.51. The number of aryl methyl sites for hydroxylation is 2. The van der Waals surface area contributed by atoms with Gasteiger partial charge in [0.15, 0.2) is 5.82 Å². The fourth-order valence-electron chi connectivity index (χ4n) is 2.80. The van der Waals surface area contributed by atoms with Gasteiger partial charge >= 0.3 is 0 Å². The average Bonchev–Trinajstić information content (AvgIpc) is 2.96. The summed E-state index contributed by atoms with van der Waals surface area (Å²) >= 11 is 0. The molecule has 0 saturated heterocycles. The Labute approximate surface area is 125 Å². The smallest absolute Gasteiger partial charge is 0.221 e. The summed E-state index contributed by atoms with van der Waals surface area (Å²) in [7, 11) is 0. The third-order valence-corrected chi connectivity index (χ3v) is 4.05. The van der Waals surface area contributed by atoms with E-state index in [0.29, 0.717) is 6.54 Å². The first kappa shape index (κ1) is 14.1. The second-order valence-corrected chi connectivity index (χ2v) is 5.51. The Kier molecular flexibility index (Phi) is 4.20. The molecule has 1 aliphatic rings. The van der Waals surface area contributed by atoms with E-state index in [9.17, 15) is 0 Å². The number of nitrogens with zero attached hydrogens (tertiary/aromatic N) is 3. The zero-order valence-corrected chi connectivity index (χ0v) is 12.5. The van der Waals surface area contributed by atoms with Crippen LogP contribution in [0.3, 0.4) is 0 Å². The van der Waals surface area contributed by atoms with Crippen molar-refractivity contribution in [2.24, 2.45) is 5.73 Å². The molecule has 1 atom stereocenters.